The number of imidazole rings is 1. The lowest BCUT2D eigenvalue weighted by molar-refractivity contribution is 0.0639. The van der Waals surface area contributed by atoms with Gasteiger partial charge in [-0.3, -0.25) is 9.47 Å². The van der Waals surface area contributed by atoms with Gasteiger partial charge < -0.3 is 5.11 Å². The van der Waals surface area contributed by atoms with Crippen LogP contribution in [0.3, 0.4) is 0 Å². The third-order valence-corrected chi connectivity index (χ3v) is 4.09. The summed E-state index contributed by atoms with van der Waals surface area (Å²) in [7, 11) is 0. The molecular formula is C15H19F2N3O. The standard InChI is InChI=1S/C15H19F2N3O/c16-15(17)20-13-6-2-1-5-12(13)18-14(20)9-19-7-3-4-11(8-19)10-21/h1-2,5-6,11,15,21H,3-4,7-10H2. The van der Waals surface area contributed by atoms with E-state index in [1.165, 1.54) is 0 Å². The van der Waals surface area contributed by atoms with Crippen LogP contribution in [0.5, 0.6) is 0 Å². The van der Waals surface area contributed by atoms with Crippen LogP contribution in [0.15, 0.2) is 24.3 Å². The third-order valence-electron chi connectivity index (χ3n) is 4.09. The number of benzene rings is 1. The van der Waals surface area contributed by atoms with Gasteiger partial charge in [-0.15, -0.1) is 0 Å². The molecule has 0 saturated carbocycles. The zero-order valence-electron chi connectivity index (χ0n) is 11.8. The molecule has 2 aromatic rings. The molecule has 6 heteroatoms. The molecule has 21 heavy (non-hydrogen) atoms. The molecule has 4 nitrogen and oxygen atoms in total. The van der Waals surface area contributed by atoms with E-state index in [-0.39, 0.29) is 12.5 Å². The molecule has 1 aromatic carbocycles. The SMILES string of the molecule is OCC1CCCN(Cc2nc3ccccc3n2C(F)F)C1. The van der Waals surface area contributed by atoms with E-state index in [2.05, 4.69) is 9.88 Å². The van der Waals surface area contributed by atoms with Gasteiger partial charge in [0.1, 0.15) is 5.82 Å². The Morgan fingerprint density at radius 3 is 2.90 bits per heavy atom. The molecular weight excluding hydrogens is 276 g/mol. The number of para-hydroxylation sites is 2. The second-order valence-corrected chi connectivity index (χ2v) is 5.59. The predicted octanol–water partition coefficient (Wildman–Crippen LogP) is 2.64. The highest BCUT2D eigenvalue weighted by Crippen LogP contribution is 2.25. The topological polar surface area (TPSA) is 41.3 Å². The quantitative estimate of drug-likeness (QED) is 0.943. The maximum absolute atomic E-state index is 13.4. The van der Waals surface area contributed by atoms with Crippen LogP contribution in [0.2, 0.25) is 0 Å². The van der Waals surface area contributed by atoms with E-state index in [4.69, 9.17) is 0 Å². The average molecular weight is 295 g/mol. The van der Waals surface area contributed by atoms with Crippen LogP contribution in [0.1, 0.15) is 25.2 Å². The number of hydrogen-bond acceptors (Lipinski definition) is 3. The molecule has 0 aliphatic carbocycles. The van der Waals surface area contributed by atoms with Crippen molar-refractivity contribution in [3.8, 4) is 0 Å². The molecule has 2 heterocycles. The van der Waals surface area contributed by atoms with Crippen molar-refractivity contribution in [2.75, 3.05) is 19.7 Å². The Hall–Kier alpha value is -1.53. The summed E-state index contributed by atoms with van der Waals surface area (Å²) in [6.45, 7) is -0.436. The van der Waals surface area contributed by atoms with Gasteiger partial charge in [-0.1, -0.05) is 12.1 Å². The highest BCUT2D eigenvalue weighted by atomic mass is 19.3. The predicted molar refractivity (Wildman–Crippen MR) is 76.1 cm³/mol. The van der Waals surface area contributed by atoms with Gasteiger partial charge in [0.25, 0.3) is 0 Å². The number of nitrogens with zero attached hydrogens (tertiary/aromatic N) is 3. The van der Waals surface area contributed by atoms with Crippen molar-refractivity contribution in [2.45, 2.75) is 25.9 Å². The van der Waals surface area contributed by atoms with E-state index in [0.29, 0.717) is 23.4 Å². The Morgan fingerprint density at radius 1 is 1.33 bits per heavy atom. The van der Waals surface area contributed by atoms with Crippen LogP contribution in [-0.4, -0.2) is 39.3 Å². The van der Waals surface area contributed by atoms with E-state index in [1.54, 1.807) is 24.3 Å². The summed E-state index contributed by atoms with van der Waals surface area (Å²) in [5, 5.41) is 9.26. The van der Waals surface area contributed by atoms with E-state index in [1.807, 2.05) is 0 Å². The molecule has 3 rings (SSSR count). The minimum absolute atomic E-state index is 0.155. The fourth-order valence-corrected chi connectivity index (χ4v) is 3.07. The van der Waals surface area contributed by atoms with Gasteiger partial charge in [0.2, 0.25) is 0 Å². The van der Waals surface area contributed by atoms with E-state index in [9.17, 15) is 13.9 Å². The number of rotatable bonds is 4. The van der Waals surface area contributed by atoms with Gasteiger partial charge in [-0.05, 0) is 37.4 Å². The molecule has 1 aliphatic heterocycles. The number of likely N-dealkylation sites (tertiary alicyclic amines) is 1. The van der Waals surface area contributed by atoms with Crippen LogP contribution < -0.4 is 0 Å². The first kappa shape index (κ1) is 14.4. The largest absolute Gasteiger partial charge is 0.396 e. The number of piperidine rings is 1. The summed E-state index contributed by atoms with van der Waals surface area (Å²) in [4.78, 5) is 6.46. The highest BCUT2D eigenvalue weighted by molar-refractivity contribution is 5.75. The Balaban J connectivity index is 1.87. The third kappa shape index (κ3) is 2.91. The summed E-state index contributed by atoms with van der Waals surface area (Å²) in [5.74, 6) is 0.632. The first-order chi connectivity index (χ1) is 10.2. The second-order valence-electron chi connectivity index (χ2n) is 5.59. The minimum Gasteiger partial charge on any atom is -0.396 e. The number of aliphatic hydroxyl groups excluding tert-OH is 1. The van der Waals surface area contributed by atoms with E-state index >= 15 is 0 Å². The normalized spacial score (nSPS) is 20.5. The number of aliphatic hydroxyl groups is 1. The van der Waals surface area contributed by atoms with E-state index in [0.717, 1.165) is 30.5 Å². The smallest absolute Gasteiger partial charge is 0.320 e. The molecule has 1 atom stereocenters. The van der Waals surface area contributed by atoms with Crippen molar-refractivity contribution >= 4 is 11.0 Å². The number of hydrogen-bond donors (Lipinski definition) is 1. The zero-order chi connectivity index (χ0) is 14.8. The monoisotopic (exact) mass is 295 g/mol. The lowest BCUT2D eigenvalue weighted by Crippen LogP contribution is -2.37. The van der Waals surface area contributed by atoms with Crippen molar-refractivity contribution in [1.82, 2.24) is 14.5 Å². The van der Waals surface area contributed by atoms with Crippen molar-refractivity contribution in [3.05, 3.63) is 30.1 Å². The average Bonchev–Trinajstić information content (AvgIpc) is 2.85. The Labute approximate surface area is 122 Å². The summed E-state index contributed by atoms with van der Waals surface area (Å²) >= 11 is 0. The Morgan fingerprint density at radius 2 is 2.14 bits per heavy atom. The molecule has 114 valence electrons. The number of halogens is 2. The molecule has 1 N–H and O–H groups in total. The highest BCUT2D eigenvalue weighted by Gasteiger charge is 2.23. The molecule has 0 spiro atoms. The van der Waals surface area contributed by atoms with Gasteiger partial charge in [-0.25, -0.2) is 4.98 Å². The Bertz CT molecular complexity index is 614. The van der Waals surface area contributed by atoms with Crippen LogP contribution >= 0.6 is 0 Å². The number of fused-ring (bicyclic) bond motifs is 1. The molecule has 1 fully saturated rings. The van der Waals surface area contributed by atoms with Gasteiger partial charge in [0.15, 0.2) is 0 Å². The van der Waals surface area contributed by atoms with Gasteiger partial charge in [-0.2, -0.15) is 8.78 Å². The van der Waals surface area contributed by atoms with Crippen LogP contribution in [0.25, 0.3) is 11.0 Å². The first-order valence-corrected chi connectivity index (χ1v) is 7.26. The summed E-state index contributed by atoms with van der Waals surface area (Å²) in [6, 6.07) is 6.97. The molecule has 1 aliphatic rings. The van der Waals surface area contributed by atoms with Gasteiger partial charge >= 0.3 is 6.55 Å². The fourth-order valence-electron chi connectivity index (χ4n) is 3.07. The lowest BCUT2D eigenvalue weighted by atomic mass is 9.99. The van der Waals surface area contributed by atoms with Gasteiger partial charge in [0.05, 0.1) is 17.6 Å². The molecule has 0 radical (unpaired) electrons. The lowest BCUT2D eigenvalue weighted by Gasteiger charge is -2.31. The van der Waals surface area contributed by atoms with Crippen molar-refractivity contribution < 1.29 is 13.9 Å². The molecule has 1 aromatic heterocycles. The van der Waals surface area contributed by atoms with Crippen molar-refractivity contribution in [3.63, 3.8) is 0 Å². The van der Waals surface area contributed by atoms with Crippen LogP contribution in [0, 0.1) is 5.92 Å². The second kappa shape index (κ2) is 6.07. The summed E-state index contributed by atoms with van der Waals surface area (Å²) in [6.07, 6.45) is 1.98. The van der Waals surface area contributed by atoms with E-state index < -0.39 is 6.55 Å². The molecule has 1 saturated heterocycles. The molecule has 0 bridgehead atoms. The fraction of sp³-hybridized carbons (Fsp3) is 0.533. The van der Waals surface area contributed by atoms with Crippen LogP contribution in [0.4, 0.5) is 8.78 Å². The van der Waals surface area contributed by atoms with Gasteiger partial charge in [0, 0.05) is 13.2 Å². The number of aromatic nitrogens is 2. The van der Waals surface area contributed by atoms with Crippen LogP contribution in [-0.2, 0) is 6.54 Å². The molecule has 1 unspecified atom stereocenters. The molecule has 0 amide bonds. The summed E-state index contributed by atoms with van der Waals surface area (Å²) in [5.41, 5.74) is 1.07. The first-order valence-electron chi connectivity index (χ1n) is 7.26. The van der Waals surface area contributed by atoms with Crippen molar-refractivity contribution in [1.29, 1.82) is 0 Å². The maximum Gasteiger partial charge on any atom is 0.320 e. The Kier molecular flexibility index (Phi) is 4.17. The number of alkyl halides is 2. The summed E-state index contributed by atoms with van der Waals surface area (Å²) < 4.78 is 27.7. The maximum atomic E-state index is 13.4. The zero-order valence-corrected chi connectivity index (χ0v) is 11.8. The minimum atomic E-state index is -2.59. The van der Waals surface area contributed by atoms with Crippen molar-refractivity contribution in [2.24, 2.45) is 5.92 Å².